The Hall–Kier alpha value is -3.93. The topological polar surface area (TPSA) is 146 Å². The van der Waals surface area contributed by atoms with Gasteiger partial charge in [-0.2, -0.15) is 0 Å². The maximum Gasteiger partial charge on any atom is 0.408 e. The van der Waals surface area contributed by atoms with Crippen molar-refractivity contribution in [2.24, 2.45) is 17.1 Å². The molecule has 3 aromatic rings. The van der Waals surface area contributed by atoms with Gasteiger partial charge in [-0.3, -0.25) is 9.59 Å². The number of methoxy groups -OCH3 is 1. The summed E-state index contributed by atoms with van der Waals surface area (Å²) < 4.78 is 17.7. The molecule has 3 heterocycles. The molecule has 0 spiro atoms. The van der Waals surface area contributed by atoms with Crippen molar-refractivity contribution in [2.45, 2.75) is 98.9 Å². The van der Waals surface area contributed by atoms with Crippen LogP contribution in [0.3, 0.4) is 0 Å². The van der Waals surface area contributed by atoms with Gasteiger partial charge >= 0.3 is 6.09 Å². The summed E-state index contributed by atoms with van der Waals surface area (Å²) >= 11 is 1.51. The number of nitrogens with one attached hydrogen (secondary N) is 1. The van der Waals surface area contributed by atoms with E-state index in [-0.39, 0.29) is 12.5 Å². The van der Waals surface area contributed by atoms with Crippen molar-refractivity contribution in [2.75, 3.05) is 13.7 Å². The largest absolute Gasteiger partial charge is 0.496 e. The smallest absolute Gasteiger partial charge is 0.408 e. The Balaban J connectivity index is 1.73. The lowest BCUT2D eigenvalue weighted by molar-refractivity contribution is -0.141. The van der Waals surface area contributed by atoms with Gasteiger partial charge in [-0.25, -0.2) is 14.8 Å². The lowest BCUT2D eigenvalue weighted by Crippen LogP contribution is -2.58. The highest BCUT2D eigenvalue weighted by Crippen LogP contribution is 2.39. The Morgan fingerprint density at radius 2 is 1.76 bits per heavy atom. The molecule has 1 aliphatic rings. The summed E-state index contributed by atoms with van der Waals surface area (Å²) in [6, 6.07) is 3.67. The predicted molar refractivity (Wildman–Crippen MR) is 179 cm³/mol. The molecule has 3 amide bonds. The highest BCUT2D eigenvalue weighted by Gasteiger charge is 2.49. The minimum Gasteiger partial charge on any atom is -0.496 e. The molecule has 0 aliphatic carbocycles. The Kier molecular flexibility index (Phi) is 9.91. The van der Waals surface area contributed by atoms with Gasteiger partial charge in [0.1, 0.15) is 46.0 Å². The molecule has 0 bridgehead atoms. The molecule has 4 rings (SSSR count). The van der Waals surface area contributed by atoms with E-state index in [1.54, 1.807) is 27.9 Å². The number of rotatable bonds is 8. The lowest BCUT2D eigenvalue weighted by atomic mass is 9.85. The number of likely N-dealkylation sites (tertiary alicyclic amines) is 1. The van der Waals surface area contributed by atoms with Gasteiger partial charge in [0.15, 0.2) is 0 Å². The number of hydrogen-bond donors (Lipinski definition) is 2. The number of nitrogens with two attached hydrogens (primary N) is 1. The summed E-state index contributed by atoms with van der Waals surface area (Å²) in [6.07, 6.45) is -1.31. The lowest BCUT2D eigenvalue weighted by Gasteiger charge is -2.35. The highest BCUT2D eigenvalue weighted by atomic mass is 32.1. The van der Waals surface area contributed by atoms with Crippen LogP contribution in [0.15, 0.2) is 23.6 Å². The Morgan fingerprint density at radius 1 is 1.09 bits per heavy atom. The van der Waals surface area contributed by atoms with E-state index in [9.17, 15) is 14.4 Å². The first-order valence-corrected chi connectivity index (χ1v) is 16.4. The molecule has 1 unspecified atom stereocenters. The van der Waals surface area contributed by atoms with Crippen LogP contribution >= 0.6 is 11.3 Å². The fourth-order valence-corrected chi connectivity index (χ4v) is 6.57. The normalized spacial score (nSPS) is 19.3. The van der Waals surface area contributed by atoms with E-state index >= 15 is 0 Å². The van der Waals surface area contributed by atoms with Gasteiger partial charge in [0.2, 0.25) is 11.8 Å². The molecule has 4 atom stereocenters. The van der Waals surface area contributed by atoms with Crippen molar-refractivity contribution >= 4 is 40.1 Å². The van der Waals surface area contributed by atoms with E-state index in [1.165, 1.54) is 16.2 Å². The second-order valence-corrected chi connectivity index (χ2v) is 15.2. The molecule has 11 nitrogen and oxygen atoms in total. The molecule has 0 saturated carbocycles. The maximum absolute atomic E-state index is 14.1. The van der Waals surface area contributed by atoms with E-state index < -0.39 is 53.0 Å². The van der Waals surface area contributed by atoms with E-state index in [2.05, 4.69) is 19.2 Å². The fraction of sp³-hybridized carbons (Fsp3) is 0.559. The maximum atomic E-state index is 14.1. The van der Waals surface area contributed by atoms with Crippen LogP contribution in [-0.4, -0.2) is 70.2 Å². The number of primary amides is 1. The van der Waals surface area contributed by atoms with Crippen LogP contribution in [0, 0.1) is 18.3 Å². The number of aromatic nitrogens is 2. The molecule has 250 valence electrons. The molecule has 3 N–H and O–H groups in total. The first-order chi connectivity index (χ1) is 21.3. The summed E-state index contributed by atoms with van der Waals surface area (Å²) in [7, 11) is 1.61. The molecular weight excluding hydrogens is 606 g/mol. The number of hydrogen-bond acceptors (Lipinski definition) is 9. The van der Waals surface area contributed by atoms with Gasteiger partial charge in [0.25, 0.3) is 0 Å². The standard InChI is InChI=1S/C34H47N5O6S/c1-17(2)22-16-46-30(37-22)21-14-24(20-12-13-23(43-11)18(3)26(20)36-21)44-25-15-39(27(19(25)4)29(35)40)31(41)28(33(5,6)7)38-32(42)45-34(8,9)10/h12-14,16-17,19,25,27-28H,15H2,1-11H3,(H2,35,40)(H,38,42)/t19?,25-,27-,28+/m0/s1. The average Bonchev–Trinajstić information content (AvgIpc) is 3.56. The average molecular weight is 654 g/mol. The molecule has 12 heteroatoms. The van der Waals surface area contributed by atoms with Crippen molar-refractivity contribution in [1.29, 1.82) is 0 Å². The zero-order valence-corrected chi connectivity index (χ0v) is 29.5. The fourth-order valence-electron chi connectivity index (χ4n) is 5.62. The third kappa shape index (κ3) is 7.37. The SMILES string of the molecule is COc1ccc2c(O[C@H]3CN(C(=O)[C@@H](NC(=O)OC(C)(C)C)C(C)(C)C)[C@H](C(N)=O)C3C)cc(-c3nc(C(C)C)cs3)nc2c1C. The van der Waals surface area contributed by atoms with Gasteiger partial charge in [-0.1, -0.05) is 41.5 Å². The number of alkyl carbamates (subject to hydrolysis) is 1. The minimum absolute atomic E-state index is 0.0826. The van der Waals surface area contributed by atoms with Crippen LogP contribution in [0.25, 0.3) is 21.6 Å². The van der Waals surface area contributed by atoms with Crippen molar-refractivity contribution in [3.05, 3.63) is 34.8 Å². The number of ether oxygens (including phenoxy) is 3. The minimum atomic E-state index is -0.987. The van der Waals surface area contributed by atoms with Crippen LogP contribution in [0.5, 0.6) is 11.5 Å². The van der Waals surface area contributed by atoms with Crippen molar-refractivity contribution < 1.29 is 28.6 Å². The molecule has 1 aromatic carbocycles. The third-order valence-corrected chi connectivity index (χ3v) is 9.01. The Morgan fingerprint density at radius 3 is 2.30 bits per heavy atom. The Labute approximate surface area is 275 Å². The number of aryl methyl sites for hydroxylation is 1. The van der Waals surface area contributed by atoms with Crippen LogP contribution < -0.4 is 20.5 Å². The summed E-state index contributed by atoms with van der Waals surface area (Å²) in [4.78, 5) is 51.0. The molecule has 1 saturated heterocycles. The summed E-state index contributed by atoms with van der Waals surface area (Å²) in [5, 5.41) is 6.28. The number of pyridine rings is 1. The molecule has 0 radical (unpaired) electrons. The number of carbonyl (C=O) groups is 3. The van der Waals surface area contributed by atoms with Crippen LogP contribution in [0.4, 0.5) is 4.79 Å². The summed E-state index contributed by atoms with van der Waals surface area (Å²) in [6.45, 7) is 18.8. The first kappa shape index (κ1) is 34.9. The third-order valence-electron chi connectivity index (χ3n) is 8.12. The van der Waals surface area contributed by atoms with Gasteiger partial charge in [0.05, 0.1) is 24.9 Å². The van der Waals surface area contributed by atoms with E-state index in [1.807, 2.05) is 58.2 Å². The van der Waals surface area contributed by atoms with Gasteiger partial charge in [0, 0.05) is 28.3 Å². The number of benzene rings is 1. The quantitative estimate of drug-likeness (QED) is 0.309. The van der Waals surface area contributed by atoms with Crippen molar-refractivity contribution in [3.63, 3.8) is 0 Å². The highest BCUT2D eigenvalue weighted by molar-refractivity contribution is 7.13. The van der Waals surface area contributed by atoms with Crippen molar-refractivity contribution in [3.8, 4) is 22.2 Å². The van der Waals surface area contributed by atoms with E-state index in [4.69, 9.17) is 29.9 Å². The molecular formula is C34H47N5O6S. The number of fused-ring (bicyclic) bond motifs is 1. The van der Waals surface area contributed by atoms with Crippen LogP contribution in [0.2, 0.25) is 0 Å². The van der Waals surface area contributed by atoms with E-state index in [0.717, 1.165) is 21.7 Å². The second kappa shape index (κ2) is 13.1. The first-order valence-electron chi connectivity index (χ1n) is 15.5. The molecule has 1 fully saturated rings. The molecule has 46 heavy (non-hydrogen) atoms. The number of nitrogens with zero attached hydrogens (tertiary/aromatic N) is 3. The zero-order valence-electron chi connectivity index (χ0n) is 28.7. The second-order valence-electron chi connectivity index (χ2n) is 14.3. The van der Waals surface area contributed by atoms with Crippen LogP contribution in [0.1, 0.15) is 79.5 Å². The van der Waals surface area contributed by atoms with Gasteiger partial charge < -0.3 is 30.2 Å². The van der Waals surface area contributed by atoms with Crippen molar-refractivity contribution in [1.82, 2.24) is 20.2 Å². The monoisotopic (exact) mass is 653 g/mol. The summed E-state index contributed by atoms with van der Waals surface area (Å²) in [5.41, 5.74) is 7.62. The summed E-state index contributed by atoms with van der Waals surface area (Å²) in [5.74, 6) is -0.0525. The molecule has 1 aliphatic heterocycles. The van der Waals surface area contributed by atoms with Gasteiger partial charge in [-0.15, -0.1) is 11.3 Å². The number of thiazole rings is 1. The number of amides is 3. The number of carbonyl (C=O) groups excluding carboxylic acids is 3. The van der Waals surface area contributed by atoms with Gasteiger partial charge in [-0.05, 0) is 51.2 Å². The van der Waals surface area contributed by atoms with Crippen LogP contribution in [-0.2, 0) is 14.3 Å². The zero-order chi connectivity index (χ0) is 34.3. The Bertz CT molecular complexity index is 1620. The van der Waals surface area contributed by atoms with E-state index in [0.29, 0.717) is 22.7 Å². The predicted octanol–water partition coefficient (Wildman–Crippen LogP) is 5.82. The molecule has 2 aromatic heterocycles.